The number of anilines is 1. The Morgan fingerprint density at radius 1 is 1.53 bits per heavy atom. The highest BCUT2D eigenvalue weighted by Gasteiger charge is 2.15. The molecule has 2 heterocycles. The largest absolute Gasteiger partial charge is 0.477 e. The third-order valence-corrected chi connectivity index (χ3v) is 2.53. The average Bonchev–Trinajstić information content (AvgIpc) is 2.86. The summed E-state index contributed by atoms with van der Waals surface area (Å²) in [5.41, 5.74) is 0.191. The summed E-state index contributed by atoms with van der Waals surface area (Å²) in [4.78, 5) is 22.2. The summed E-state index contributed by atoms with van der Waals surface area (Å²) in [6.45, 7) is 0. The van der Waals surface area contributed by atoms with Gasteiger partial charge in [0.25, 0.3) is 5.91 Å². The number of carboxylic acid groups (broad SMARTS) is 1. The molecule has 2 rings (SSSR count). The molecule has 2 aromatic rings. The van der Waals surface area contributed by atoms with E-state index < -0.39 is 11.9 Å². The van der Waals surface area contributed by atoms with Crippen LogP contribution in [0.1, 0.15) is 20.8 Å². The number of aromatic nitrogens is 2. The van der Waals surface area contributed by atoms with Crippen molar-refractivity contribution in [2.24, 2.45) is 0 Å². The fourth-order valence-electron chi connectivity index (χ4n) is 1.13. The highest BCUT2D eigenvalue weighted by Crippen LogP contribution is 2.18. The summed E-state index contributed by atoms with van der Waals surface area (Å²) < 4.78 is 5.20. The van der Waals surface area contributed by atoms with E-state index in [0.29, 0.717) is 10.2 Å². The van der Waals surface area contributed by atoms with E-state index in [1.54, 1.807) is 0 Å². The van der Waals surface area contributed by atoms with Crippen LogP contribution in [0.5, 0.6) is 0 Å². The zero-order valence-corrected chi connectivity index (χ0v) is 9.82. The molecule has 2 aromatic heterocycles. The molecule has 17 heavy (non-hydrogen) atoms. The smallest absolute Gasteiger partial charge is 0.353 e. The van der Waals surface area contributed by atoms with E-state index in [0.717, 1.165) is 0 Å². The van der Waals surface area contributed by atoms with Crippen molar-refractivity contribution in [3.63, 3.8) is 0 Å². The van der Waals surface area contributed by atoms with Crippen molar-refractivity contribution in [3.05, 3.63) is 34.3 Å². The quantitative estimate of drug-likeness (QED) is 0.799. The van der Waals surface area contributed by atoms with E-state index in [1.807, 2.05) is 0 Å². The molecule has 0 aliphatic rings. The first-order chi connectivity index (χ1) is 8.08. The summed E-state index contributed by atoms with van der Waals surface area (Å²) in [7, 11) is 0. The van der Waals surface area contributed by atoms with Crippen molar-refractivity contribution < 1.29 is 19.1 Å². The number of halogens is 1. The molecular formula is C9H6BrN3O4. The van der Waals surface area contributed by atoms with Crippen molar-refractivity contribution in [2.75, 3.05) is 5.32 Å². The number of aromatic carboxylic acids is 1. The molecular weight excluding hydrogens is 294 g/mol. The molecule has 0 saturated carbocycles. The van der Waals surface area contributed by atoms with Gasteiger partial charge in [-0.05, 0) is 22.0 Å². The van der Waals surface area contributed by atoms with E-state index in [4.69, 9.17) is 9.52 Å². The number of rotatable bonds is 3. The van der Waals surface area contributed by atoms with Gasteiger partial charge in [-0.15, -0.1) is 0 Å². The normalized spacial score (nSPS) is 10.2. The lowest BCUT2D eigenvalue weighted by Gasteiger charge is -1.98. The van der Waals surface area contributed by atoms with Gasteiger partial charge in [0.1, 0.15) is 5.69 Å². The van der Waals surface area contributed by atoms with Crippen LogP contribution in [0.3, 0.4) is 0 Å². The third kappa shape index (κ3) is 2.36. The van der Waals surface area contributed by atoms with Gasteiger partial charge < -0.3 is 14.8 Å². The maximum absolute atomic E-state index is 11.7. The standard InChI is InChI=1S/C9H6BrN3O4/c10-7-4(1-2-17-7)8(14)11-6-3-5(9(15)16)12-13-6/h1-3H,(H,15,16)(H2,11,12,13,14). The van der Waals surface area contributed by atoms with Gasteiger partial charge in [0, 0.05) is 6.07 Å². The summed E-state index contributed by atoms with van der Waals surface area (Å²) in [5, 5.41) is 17.0. The van der Waals surface area contributed by atoms with Crippen molar-refractivity contribution in [1.82, 2.24) is 10.2 Å². The lowest BCUT2D eigenvalue weighted by Crippen LogP contribution is -2.11. The second-order valence-corrected chi connectivity index (χ2v) is 3.75. The van der Waals surface area contributed by atoms with Crippen LogP contribution in [0.2, 0.25) is 0 Å². The Hall–Kier alpha value is -2.09. The fourth-order valence-corrected chi connectivity index (χ4v) is 1.55. The minimum atomic E-state index is -1.15. The van der Waals surface area contributed by atoms with Crippen LogP contribution in [-0.2, 0) is 0 Å². The first-order valence-corrected chi connectivity index (χ1v) is 5.20. The van der Waals surface area contributed by atoms with Crippen LogP contribution >= 0.6 is 15.9 Å². The minimum Gasteiger partial charge on any atom is -0.477 e. The topological polar surface area (TPSA) is 108 Å². The van der Waals surface area contributed by atoms with E-state index >= 15 is 0 Å². The second-order valence-electron chi connectivity index (χ2n) is 3.03. The number of carbonyl (C=O) groups excluding carboxylic acids is 1. The minimum absolute atomic E-state index is 0.105. The first kappa shape index (κ1) is 11.4. The lowest BCUT2D eigenvalue weighted by atomic mass is 10.3. The van der Waals surface area contributed by atoms with Gasteiger partial charge >= 0.3 is 5.97 Å². The van der Waals surface area contributed by atoms with E-state index in [2.05, 4.69) is 31.4 Å². The van der Waals surface area contributed by atoms with Crippen LogP contribution in [0.25, 0.3) is 0 Å². The van der Waals surface area contributed by atoms with Crippen molar-refractivity contribution in [2.45, 2.75) is 0 Å². The second kappa shape index (κ2) is 4.42. The maximum atomic E-state index is 11.7. The third-order valence-electron chi connectivity index (χ3n) is 1.91. The molecule has 0 fully saturated rings. The summed E-state index contributed by atoms with van der Waals surface area (Å²) >= 11 is 3.06. The van der Waals surface area contributed by atoms with Gasteiger partial charge in [0.2, 0.25) is 0 Å². The van der Waals surface area contributed by atoms with E-state index in [-0.39, 0.29) is 11.5 Å². The van der Waals surface area contributed by atoms with Gasteiger partial charge in [0.15, 0.2) is 10.5 Å². The highest BCUT2D eigenvalue weighted by atomic mass is 79.9. The lowest BCUT2D eigenvalue weighted by molar-refractivity contribution is 0.0690. The van der Waals surface area contributed by atoms with Gasteiger partial charge in [0.05, 0.1) is 11.8 Å². The number of H-pyrrole nitrogens is 1. The molecule has 0 aromatic carbocycles. The number of aromatic amines is 1. The first-order valence-electron chi connectivity index (χ1n) is 4.41. The molecule has 0 atom stereocenters. The highest BCUT2D eigenvalue weighted by molar-refractivity contribution is 9.10. The Kier molecular flexibility index (Phi) is 2.96. The Morgan fingerprint density at radius 3 is 2.82 bits per heavy atom. The Bertz CT molecular complexity index is 574. The molecule has 0 bridgehead atoms. The number of carboxylic acids is 1. The number of furan rings is 1. The molecule has 0 spiro atoms. The zero-order chi connectivity index (χ0) is 12.4. The number of nitrogens with zero attached hydrogens (tertiary/aromatic N) is 1. The predicted octanol–water partition coefficient (Wildman–Crippen LogP) is 1.72. The molecule has 8 heteroatoms. The van der Waals surface area contributed by atoms with Gasteiger partial charge in [-0.3, -0.25) is 9.89 Å². The molecule has 0 saturated heterocycles. The number of hydrogen-bond acceptors (Lipinski definition) is 4. The monoisotopic (exact) mass is 299 g/mol. The number of carbonyl (C=O) groups is 2. The van der Waals surface area contributed by atoms with Crippen molar-refractivity contribution in [1.29, 1.82) is 0 Å². The molecule has 88 valence electrons. The molecule has 1 amide bonds. The van der Waals surface area contributed by atoms with E-state index in [9.17, 15) is 9.59 Å². The predicted molar refractivity (Wildman–Crippen MR) is 59.9 cm³/mol. The fraction of sp³-hybridized carbons (Fsp3) is 0. The van der Waals surface area contributed by atoms with Gasteiger partial charge in [-0.1, -0.05) is 0 Å². The van der Waals surface area contributed by atoms with Crippen molar-refractivity contribution >= 4 is 33.6 Å². The number of nitrogens with one attached hydrogen (secondary N) is 2. The van der Waals surface area contributed by atoms with Gasteiger partial charge in [-0.25, -0.2) is 4.79 Å². The van der Waals surface area contributed by atoms with Crippen LogP contribution in [0.15, 0.2) is 27.5 Å². The summed E-state index contributed by atoms with van der Waals surface area (Å²) in [6.07, 6.45) is 1.35. The SMILES string of the molecule is O=C(O)c1cc(NC(=O)c2ccoc2Br)n[nH]1. The van der Waals surface area contributed by atoms with Gasteiger partial charge in [-0.2, -0.15) is 5.10 Å². The molecule has 0 aliphatic heterocycles. The zero-order valence-electron chi connectivity index (χ0n) is 8.23. The Morgan fingerprint density at radius 2 is 2.29 bits per heavy atom. The number of amides is 1. The maximum Gasteiger partial charge on any atom is 0.353 e. The molecule has 7 nitrogen and oxygen atoms in total. The van der Waals surface area contributed by atoms with Crippen LogP contribution in [0, 0.1) is 0 Å². The molecule has 0 radical (unpaired) electrons. The van der Waals surface area contributed by atoms with Crippen LogP contribution in [0.4, 0.5) is 5.82 Å². The summed E-state index contributed by atoms with van der Waals surface area (Å²) in [6, 6.07) is 2.69. The number of hydrogen-bond donors (Lipinski definition) is 3. The van der Waals surface area contributed by atoms with Crippen LogP contribution in [-0.4, -0.2) is 27.2 Å². The van der Waals surface area contributed by atoms with Crippen molar-refractivity contribution in [3.8, 4) is 0 Å². The van der Waals surface area contributed by atoms with E-state index in [1.165, 1.54) is 18.4 Å². The molecule has 0 aliphatic carbocycles. The Balaban J connectivity index is 2.13. The van der Waals surface area contributed by atoms with Crippen LogP contribution < -0.4 is 5.32 Å². The summed E-state index contributed by atoms with van der Waals surface area (Å²) in [5.74, 6) is -1.47. The Labute approximate surface area is 103 Å². The molecule has 0 unspecified atom stereocenters. The average molecular weight is 300 g/mol. The molecule has 3 N–H and O–H groups in total.